The highest BCUT2D eigenvalue weighted by molar-refractivity contribution is 7.84. The van der Waals surface area contributed by atoms with E-state index in [1.807, 2.05) is 271 Å². The summed E-state index contributed by atoms with van der Waals surface area (Å²) in [6.07, 6.45) is 15.0. The number of aromatic nitrogens is 3. The number of ether oxygens (including phenoxy) is 3. The van der Waals surface area contributed by atoms with Crippen molar-refractivity contribution < 1.29 is 18.8 Å². The highest BCUT2D eigenvalue weighted by Crippen LogP contribution is 2.45. The normalized spacial score (nSPS) is 13.8. The average molecular weight is 1060 g/mol. The van der Waals surface area contributed by atoms with Gasteiger partial charge in [0.05, 0.1) is 17.4 Å². The third kappa shape index (κ3) is 11.3. The molecular weight excluding hydrogens is 1010 g/mol. The predicted octanol–water partition coefficient (Wildman–Crippen LogP) is 16.6. The first kappa shape index (κ1) is 50.8. The van der Waals surface area contributed by atoms with Crippen LogP contribution in [0.4, 0.5) is 45.9 Å². The van der Waals surface area contributed by atoms with Crippen LogP contribution in [0.1, 0.15) is 19.3 Å². The summed E-state index contributed by atoms with van der Waals surface area (Å²) in [4.78, 5) is 22.6. The zero-order valence-corrected chi connectivity index (χ0v) is 44.6. The first-order valence-electron chi connectivity index (χ1n) is 26.7. The summed E-state index contributed by atoms with van der Waals surface area (Å²) in [5.74, 6) is 6.04. The third-order valence-electron chi connectivity index (χ3n) is 13.6. The van der Waals surface area contributed by atoms with Gasteiger partial charge in [0.25, 0.3) is 0 Å². The maximum Gasteiger partial charge on any atom is 0.223 e. The quantitative estimate of drug-likeness (QED) is 0.0774. The number of para-hydroxylation sites is 5. The Labute approximate surface area is 466 Å². The molecule has 10 aromatic rings. The second kappa shape index (κ2) is 23.7. The van der Waals surface area contributed by atoms with E-state index >= 15 is 4.57 Å². The van der Waals surface area contributed by atoms with E-state index in [2.05, 4.69) is 35.3 Å². The minimum absolute atomic E-state index is 0.210. The molecule has 390 valence electrons. The Morgan fingerprint density at radius 3 is 1.32 bits per heavy atom. The van der Waals surface area contributed by atoms with Crippen molar-refractivity contribution in [3.63, 3.8) is 0 Å². The number of nitrogens with zero attached hydrogens (tertiary/aromatic N) is 6. The highest BCUT2D eigenvalue weighted by atomic mass is 31.2. The van der Waals surface area contributed by atoms with Gasteiger partial charge in [0.15, 0.2) is 0 Å². The minimum atomic E-state index is -4.15. The van der Waals surface area contributed by atoms with Crippen LogP contribution >= 0.6 is 7.14 Å². The molecular formula is C69H55N6O4P. The smallest absolute Gasteiger partial charge is 0.223 e. The standard InChI is InChI=1S/C69H55N6O4P/c76-80(67-46-22-43-64(70-67)73(52-25-7-1-8-26-52)55-31-19-40-61(49-55)77-58-34-13-4-14-35-58,68-47-23-44-65(71-68)74(53-27-9-2-10-28-53)56-32-20-41-62(50-56)78-59-36-15-5-16-37-59)69-48-24-45-66(72-69)75(54-29-11-3-12-30-54)57-33-21-42-63(51-57)79-60-38-17-6-18-39-60/h1-5,7-17,19-50,57H,6,18,51H2. The third-order valence-corrected chi connectivity index (χ3v) is 16.3. The molecule has 10 nitrogen and oxygen atoms in total. The summed E-state index contributed by atoms with van der Waals surface area (Å²) in [6, 6.07) is 82.2. The Morgan fingerprint density at radius 1 is 0.412 bits per heavy atom. The minimum Gasteiger partial charge on any atom is -0.462 e. The molecule has 80 heavy (non-hydrogen) atoms. The van der Waals surface area contributed by atoms with Gasteiger partial charge < -0.3 is 23.7 Å². The number of rotatable bonds is 18. The van der Waals surface area contributed by atoms with Gasteiger partial charge in [-0.15, -0.1) is 0 Å². The first-order valence-corrected chi connectivity index (χ1v) is 28.4. The van der Waals surface area contributed by atoms with Gasteiger partial charge in [-0.05, 0) is 152 Å². The lowest BCUT2D eigenvalue weighted by Gasteiger charge is -2.33. The molecule has 1 atom stereocenters. The lowest BCUT2D eigenvalue weighted by atomic mass is 10.0. The average Bonchev–Trinajstić information content (AvgIpc) is 3.53. The Kier molecular flexibility index (Phi) is 15.0. The van der Waals surface area contributed by atoms with E-state index in [4.69, 9.17) is 29.2 Å². The van der Waals surface area contributed by atoms with Gasteiger partial charge in [-0.2, -0.15) is 0 Å². The number of allylic oxidation sites excluding steroid dienone is 5. The zero-order valence-electron chi connectivity index (χ0n) is 43.7. The van der Waals surface area contributed by atoms with Crippen LogP contribution in [0.2, 0.25) is 0 Å². The fourth-order valence-electron chi connectivity index (χ4n) is 9.89. The van der Waals surface area contributed by atoms with Crippen molar-refractivity contribution in [1.82, 2.24) is 15.0 Å². The van der Waals surface area contributed by atoms with Gasteiger partial charge in [0.2, 0.25) is 7.14 Å². The molecule has 0 bridgehead atoms. The van der Waals surface area contributed by atoms with Crippen molar-refractivity contribution in [3.05, 3.63) is 303 Å². The van der Waals surface area contributed by atoms with E-state index in [9.17, 15) is 0 Å². The van der Waals surface area contributed by atoms with Crippen LogP contribution < -0.4 is 40.5 Å². The maximum absolute atomic E-state index is 17.5. The van der Waals surface area contributed by atoms with E-state index < -0.39 is 7.14 Å². The van der Waals surface area contributed by atoms with E-state index in [-0.39, 0.29) is 6.04 Å². The Hall–Kier alpha value is -10.0. The fraction of sp³-hybridized carbons (Fsp3) is 0.0580. The topological polar surface area (TPSA) is 93.2 Å². The van der Waals surface area contributed by atoms with Gasteiger partial charge in [-0.1, -0.05) is 140 Å². The number of benzene rings is 7. The van der Waals surface area contributed by atoms with Crippen LogP contribution in [0.5, 0.6) is 23.0 Å². The molecule has 0 aliphatic heterocycles. The largest absolute Gasteiger partial charge is 0.462 e. The van der Waals surface area contributed by atoms with E-state index in [0.29, 0.717) is 63.2 Å². The summed E-state index contributed by atoms with van der Waals surface area (Å²) in [5, 5.41) is 0. The molecule has 0 N–H and O–H groups in total. The Morgan fingerprint density at radius 2 is 0.838 bits per heavy atom. The first-order chi connectivity index (χ1) is 39.5. The van der Waals surface area contributed by atoms with Crippen LogP contribution in [0, 0.1) is 0 Å². The molecule has 3 heterocycles. The molecule has 0 saturated heterocycles. The Bertz CT molecular complexity index is 3740. The molecule has 0 amide bonds. The SMILES string of the molecule is O=P(c1cccc(N(c2ccccc2)c2cccc(Oc3ccccc3)c2)n1)(c1cccc(N(c2ccccc2)c2cccc(Oc3ccccc3)c2)n1)c1cccc(N(c2ccccc2)C2C=CC=C(OC3=CCCC=C3)C2)n1. The molecule has 2 aliphatic rings. The van der Waals surface area contributed by atoms with Crippen molar-refractivity contribution in [3.8, 4) is 23.0 Å². The fourth-order valence-corrected chi connectivity index (χ4v) is 12.2. The van der Waals surface area contributed by atoms with Crippen LogP contribution in [-0.2, 0) is 9.30 Å². The Balaban J connectivity index is 1.01. The van der Waals surface area contributed by atoms with Crippen molar-refractivity contribution in [2.24, 2.45) is 0 Å². The highest BCUT2D eigenvalue weighted by Gasteiger charge is 2.37. The van der Waals surface area contributed by atoms with Gasteiger partial charge in [0.1, 0.15) is 68.3 Å². The van der Waals surface area contributed by atoms with Gasteiger partial charge in [0, 0.05) is 35.6 Å². The molecule has 0 fully saturated rings. The van der Waals surface area contributed by atoms with Gasteiger partial charge >= 0.3 is 0 Å². The lowest BCUT2D eigenvalue weighted by molar-refractivity contribution is 0.296. The zero-order chi connectivity index (χ0) is 53.9. The molecule has 1 unspecified atom stereocenters. The second-order valence-corrected chi connectivity index (χ2v) is 21.6. The van der Waals surface area contributed by atoms with Crippen molar-refractivity contribution in [2.75, 3.05) is 14.7 Å². The van der Waals surface area contributed by atoms with Gasteiger partial charge in [-0.3, -0.25) is 9.80 Å². The summed E-state index contributed by atoms with van der Waals surface area (Å²) in [6.45, 7) is 0. The summed E-state index contributed by atoms with van der Waals surface area (Å²) < 4.78 is 36.7. The van der Waals surface area contributed by atoms with Crippen molar-refractivity contribution >= 4 is 69.3 Å². The van der Waals surface area contributed by atoms with Crippen molar-refractivity contribution in [2.45, 2.75) is 25.3 Å². The van der Waals surface area contributed by atoms with E-state index in [0.717, 1.165) is 52.8 Å². The molecule has 0 radical (unpaired) electrons. The van der Waals surface area contributed by atoms with E-state index in [1.165, 1.54) is 0 Å². The molecule has 0 saturated carbocycles. The number of hydrogen-bond donors (Lipinski definition) is 0. The second-order valence-electron chi connectivity index (χ2n) is 19.0. The van der Waals surface area contributed by atoms with Crippen LogP contribution in [0.25, 0.3) is 0 Å². The monoisotopic (exact) mass is 1060 g/mol. The predicted molar refractivity (Wildman–Crippen MR) is 323 cm³/mol. The number of pyridine rings is 3. The van der Waals surface area contributed by atoms with Crippen LogP contribution in [-0.4, -0.2) is 21.0 Å². The maximum atomic E-state index is 17.5. The van der Waals surface area contributed by atoms with E-state index in [1.54, 1.807) is 0 Å². The lowest BCUT2D eigenvalue weighted by Crippen LogP contribution is -2.35. The molecule has 11 heteroatoms. The number of anilines is 8. The molecule has 7 aromatic carbocycles. The summed E-state index contributed by atoms with van der Waals surface area (Å²) in [5.41, 5.74) is 5.06. The number of hydrogen-bond acceptors (Lipinski definition) is 10. The summed E-state index contributed by atoms with van der Waals surface area (Å²) in [7, 11) is -4.15. The van der Waals surface area contributed by atoms with Crippen molar-refractivity contribution in [1.29, 1.82) is 0 Å². The summed E-state index contributed by atoms with van der Waals surface area (Å²) >= 11 is 0. The molecule has 3 aromatic heterocycles. The van der Waals surface area contributed by atoms with Crippen LogP contribution in [0.3, 0.4) is 0 Å². The van der Waals surface area contributed by atoms with Crippen LogP contribution in [0.15, 0.2) is 303 Å². The molecule has 0 spiro atoms. The molecule has 12 rings (SSSR count). The molecule has 2 aliphatic carbocycles. The van der Waals surface area contributed by atoms with Gasteiger partial charge in [-0.25, -0.2) is 15.0 Å².